The summed E-state index contributed by atoms with van der Waals surface area (Å²) in [5.41, 5.74) is 0.0544. The molecule has 2 saturated heterocycles. The van der Waals surface area contributed by atoms with Crippen LogP contribution in [0.5, 0.6) is 0 Å². The fraction of sp³-hybridized carbons (Fsp3) is 0.714. The molecular weight excluding hydrogens is 374 g/mol. The molecule has 154 valence electrons. The lowest BCUT2D eigenvalue weighted by molar-refractivity contribution is -0.126. The zero-order valence-electron chi connectivity index (χ0n) is 16.5. The zero-order chi connectivity index (χ0) is 19.4. The number of carbonyl (C=O) groups excluding carboxylic acids is 2. The monoisotopic (exact) mass is 405 g/mol. The van der Waals surface area contributed by atoms with E-state index < -0.39 is 0 Å². The summed E-state index contributed by atoms with van der Waals surface area (Å²) >= 11 is 1.44. The minimum absolute atomic E-state index is 0.00629. The first kappa shape index (κ1) is 19.9. The average Bonchev–Trinajstić information content (AvgIpc) is 3.45. The van der Waals surface area contributed by atoms with Crippen molar-refractivity contribution in [1.82, 2.24) is 15.1 Å². The highest BCUT2D eigenvalue weighted by Gasteiger charge is 2.40. The number of hydrogen-bond acceptors (Lipinski definition) is 5. The lowest BCUT2D eigenvalue weighted by Gasteiger charge is -2.48. The van der Waals surface area contributed by atoms with Crippen LogP contribution in [-0.2, 0) is 9.53 Å². The first-order valence-electron chi connectivity index (χ1n) is 10.6. The fourth-order valence-corrected chi connectivity index (χ4v) is 5.72. The maximum atomic E-state index is 13.1. The number of amides is 2. The summed E-state index contributed by atoms with van der Waals surface area (Å²) in [6.45, 7) is 4.81. The maximum absolute atomic E-state index is 13.1. The Kier molecular flexibility index (Phi) is 6.33. The van der Waals surface area contributed by atoms with Gasteiger partial charge in [0.15, 0.2) is 0 Å². The second-order valence-corrected chi connectivity index (χ2v) is 9.18. The molecule has 4 rings (SSSR count). The zero-order valence-corrected chi connectivity index (χ0v) is 17.3. The van der Waals surface area contributed by atoms with E-state index in [0.29, 0.717) is 13.1 Å². The molecular formula is C21H31N3O3S. The van der Waals surface area contributed by atoms with Gasteiger partial charge in [0.25, 0.3) is 5.91 Å². The molecule has 0 spiro atoms. The summed E-state index contributed by atoms with van der Waals surface area (Å²) in [6.07, 6.45) is 7.65. The number of thiophene rings is 1. The van der Waals surface area contributed by atoms with Crippen LogP contribution in [-0.4, -0.2) is 72.6 Å². The van der Waals surface area contributed by atoms with Gasteiger partial charge in [0.2, 0.25) is 5.91 Å². The van der Waals surface area contributed by atoms with E-state index in [2.05, 4.69) is 10.2 Å². The summed E-state index contributed by atoms with van der Waals surface area (Å²) in [6, 6.07) is 3.40. The van der Waals surface area contributed by atoms with Crippen LogP contribution in [0.3, 0.4) is 0 Å². The number of nitrogens with zero attached hydrogens (tertiary/aromatic N) is 2. The molecule has 2 amide bonds. The molecule has 1 N–H and O–H groups in total. The molecule has 7 heteroatoms. The van der Waals surface area contributed by atoms with E-state index in [-0.39, 0.29) is 23.4 Å². The Bertz CT molecular complexity index is 666. The van der Waals surface area contributed by atoms with Crippen LogP contribution < -0.4 is 5.32 Å². The number of ether oxygens (including phenoxy) is 1. The maximum Gasteiger partial charge on any atom is 0.264 e. The Morgan fingerprint density at radius 2 is 1.93 bits per heavy atom. The third kappa shape index (κ3) is 4.11. The Morgan fingerprint density at radius 1 is 1.14 bits per heavy atom. The summed E-state index contributed by atoms with van der Waals surface area (Å²) in [5.74, 6) is 0.00817. The van der Waals surface area contributed by atoms with E-state index in [1.807, 2.05) is 17.5 Å². The van der Waals surface area contributed by atoms with E-state index in [1.54, 1.807) is 4.90 Å². The fourth-order valence-electron chi connectivity index (χ4n) is 5.05. The molecule has 28 heavy (non-hydrogen) atoms. The van der Waals surface area contributed by atoms with E-state index >= 15 is 0 Å². The molecule has 3 heterocycles. The third-order valence-electron chi connectivity index (χ3n) is 6.61. The van der Waals surface area contributed by atoms with Crippen molar-refractivity contribution >= 4 is 23.2 Å². The van der Waals surface area contributed by atoms with Crippen molar-refractivity contribution in [3.63, 3.8) is 0 Å². The molecule has 1 atom stereocenters. The van der Waals surface area contributed by atoms with Crippen molar-refractivity contribution in [3.05, 3.63) is 22.4 Å². The summed E-state index contributed by atoms with van der Waals surface area (Å²) in [5, 5.41) is 5.16. The summed E-state index contributed by atoms with van der Waals surface area (Å²) in [4.78, 5) is 30.9. The molecule has 1 aromatic heterocycles. The van der Waals surface area contributed by atoms with Gasteiger partial charge in [-0.3, -0.25) is 14.5 Å². The second kappa shape index (κ2) is 8.93. The molecule has 3 fully saturated rings. The molecule has 0 unspecified atom stereocenters. The first-order chi connectivity index (χ1) is 13.7. The Morgan fingerprint density at radius 3 is 2.64 bits per heavy atom. The van der Waals surface area contributed by atoms with Crippen LogP contribution in [0.15, 0.2) is 17.5 Å². The van der Waals surface area contributed by atoms with Gasteiger partial charge in [-0.05, 0) is 37.1 Å². The van der Waals surface area contributed by atoms with Crippen molar-refractivity contribution in [2.75, 3.05) is 39.4 Å². The highest BCUT2D eigenvalue weighted by Crippen LogP contribution is 2.34. The number of nitrogens with one attached hydrogen (secondary N) is 1. The van der Waals surface area contributed by atoms with Crippen molar-refractivity contribution in [3.8, 4) is 0 Å². The minimum Gasteiger partial charge on any atom is -0.379 e. The van der Waals surface area contributed by atoms with Gasteiger partial charge < -0.3 is 15.0 Å². The first-order valence-corrected chi connectivity index (χ1v) is 11.5. The van der Waals surface area contributed by atoms with Gasteiger partial charge in [0.1, 0.15) is 6.04 Å². The minimum atomic E-state index is -0.333. The predicted octanol–water partition coefficient (Wildman–Crippen LogP) is 2.50. The molecule has 6 nitrogen and oxygen atoms in total. The van der Waals surface area contributed by atoms with Crippen LogP contribution in [0.25, 0.3) is 0 Å². The van der Waals surface area contributed by atoms with Gasteiger partial charge in [-0.2, -0.15) is 0 Å². The SMILES string of the molecule is O=C(NCC1(N2CCOCC2)CCCCC1)[C@@H]1CCCN1C(=O)c1cccs1. The number of rotatable bonds is 5. The molecule has 0 aromatic carbocycles. The van der Waals surface area contributed by atoms with Gasteiger partial charge in [-0.1, -0.05) is 25.3 Å². The molecule has 1 aliphatic carbocycles. The molecule has 0 radical (unpaired) electrons. The quantitative estimate of drug-likeness (QED) is 0.818. The van der Waals surface area contributed by atoms with Crippen LogP contribution >= 0.6 is 11.3 Å². The summed E-state index contributed by atoms with van der Waals surface area (Å²) < 4.78 is 5.55. The highest BCUT2D eigenvalue weighted by molar-refractivity contribution is 7.12. The van der Waals surface area contributed by atoms with Gasteiger partial charge in [0, 0.05) is 31.7 Å². The Labute approximate surface area is 171 Å². The molecule has 0 bridgehead atoms. The number of carbonyl (C=O) groups is 2. The lowest BCUT2D eigenvalue weighted by Crippen LogP contribution is -2.60. The van der Waals surface area contributed by atoms with Crippen molar-refractivity contribution in [2.24, 2.45) is 0 Å². The van der Waals surface area contributed by atoms with Crippen LogP contribution in [0.4, 0.5) is 0 Å². The smallest absolute Gasteiger partial charge is 0.264 e. The van der Waals surface area contributed by atoms with E-state index in [9.17, 15) is 9.59 Å². The second-order valence-electron chi connectivity index (χ2n) is 8.24. The predicted molar refractivity (Wildman–Crippen MR) is 110 cm³/mol. The van der Waals surface area contributed by atoms with Crippen molar-refractivity contribution < 1.29 is 14.3 Å². The topological polar surface area (TPSA) is 61.9 Å². The Hall–Kier alpha value is -1.44. The van der Waals surface area contributed by atoms with E-state index in [1.165, 1.54) is 30.6 Å². The number of hydrogen-bond donors (Lipinski definition) is 1. The van der Waals surface area contributed by atoms with Crippen LogP contribution in [0, 0.1) is 0 Å². The van der Waals surface area contributed by atoms with Crippen LogP contribution in [0.1, 0.15) is 54.6 Å². The summed E-state index contributed by atoms with van der Waals surface area (Å²) in [7, 11) is 0. The highest BCUT2D eigenvalue weighted by atomic mass is 32.1. The van der Waals surface area contributed by atoms with Gasteiger partial charge >= 0.3 is 0 Å². The van der Waals surface area contributed by atoms with Crippen LogP contribution in [0.2, 0.25) is 0 Å². The largest absolute Gasteiger partial charge is 0.379 e. The molecule has 3 aliphatic rings. The number of likely N-dealkylation sites (tertiary alicyclic amines) is 1. The standard InChI is InChI=1S/C21H31N3O3S/c25-19(17-6-4-10-24(17)20(26)18-7-5-15-28-18)22-16-21(8-2-1-3-9-21)23-11-13-27-14-12-23/h5,7,15,17H,1-4,6,8-14,16H2,(H,22,25)/t17-/m0/s1. The average molecular weight is 406 g/mol. The number of morpholine rings is 1. The van der Waals surface area contributed by atoms with Crippen molar-refractivity contribution in [2.45, 2.75) is 56.5 Å². The molecule has 1 saturated carbocycles. The van der Waals surface area contributed by atoms with Gasteiger partial charge in [-0.25, -0.2) is 0 Å². The molecule has 2 aliphatic heterocycles. The normalized spacial score (nSPS) is 25.6. The van der Waals surface area contributed by atoms with Gasteiger partial charge in [0.05, 0.1) is 18.1 Å². The lowest BCUT2D eigenvalue weighted by atomic mass is 9.79. The van der Waals surface area contributed by atoms with E-state index in [0.717, 1.165) is 56.9 Å². The van der Waals surface area contributed by atoms with E-state index in [4.69, 9.17) is 4.74 Å². The van der Waals surface area contributed by atoms with Crippen molar-refractivity contribution in [1.29, 1.82) is 0 Å². The molecule has 1 aromatic rings. The Balaban J connectivity index is 1.40. The third-order valence-corrected chi connectivity index (χ3v) is 7.46. The van der Waals surface area contributed by atoms with Gasteiger partial charge in [-0.15, -0.1) is 11.3 Å².